The van der Waals surface area contributed by atoms with Crippen LogP contribution in [-0.4, -0.2) is 6.18 Å². The maximum absolute atomic E-state index is 12.7. The van der Waals surface area contributed by atoms with Crippen molar-refractivity contribution in [2.75, 3.05) is 0 Å². The first-order valence-electron chi connectivity index (χ1n) is 4.38. The van der Waals surface area contributed by atoms with Gasteiger partial charge in [0.05, 0.1) is 10.9 Å². The topological polar surface area (TPSA) is 0 Å². The standard InChI is InChI=1S/C10H9ClF4/c1-2-7(10(13,14)15)6-3-4-9(12)8(11)5-6/h3-5,7H,2H2,1H3. The highest BCUT2D eigenvalue weighted by Crippen LogP contribution is 2.38. The zero-order valence-electron chi connectivity index (χ0n) is 7.91. The molecule has 0 nitrogen and oxygen atoms in total. The molecule has 84 valence electrons. The molecule has 0 aliphatic carbocycles. The number of rotatable bonds is 2. The quantitative estimate of drug-likeness (QED) is 0.666. The van der Waals surface area contributed by atoms with Crippen LogP contribution >= 0.6 is 11.6 Å². The molecule has 0 radical (unpaired) electrons. The minimum atomic E-state index is -4.32. The van der Waals surface area contributed by atoms with Gasteiger partial charge in [0.2, 0.25) is 0 Å². The number of hydrogen-bond acceptors (Lipinski definition) is 0. The van der Waals surface area contributed by atoms with Gasteiger partial charge in [0.15, 0.2) is 0 Å². The van der Waals surface area contributed by atoms with Crippen LogP contribution in [0.3, 0.4) is 0 Å². The van der Waals surface area contributed by atoms with Gasteiger partial charge in [-0.3, -0.25) is 0 Å². The number of alkyl halides is 3. The Hall–Kier alpha value is -0.770. The fourth-order valence-corrected chi connectivity index (χ4v) is 1.57. The lowest BCUT2D eigenvalue weighted by atomic mass is 9.96. The second-order valence-corrected chi connectivity index (χ2v) is 3.58. The summed E-state index contributed by atoms with van der Waals surface area (Å²) in [5.74, 6) is -2.30. The van der Waals surface area contributed by atoms with Crippen LogP contribution in [-0.2, 0) is 0 Å². The van der Waals surface area contributed by atoms with E-state index in [9.17, 15) is 17.6 Å². The summed E-state index contributed by atoms with van der Waals surface area (Å²) in [6, 6.07) is 3.09. The third-order valence-electron chi connectivity index (χ3n) is 2.15. The van der Waals surface area contributed by atoms with E-state index < -0.39 is 17.9 Å². The molecule has 1 atom stereocenters. The highest BCUT2D eigenvalue weighted by molar-refractivity contribution is 6.30. The molecule has 0 N–H and O–H groups in total. The predicted molar refractivity (Wildman–Crippen MR) is 50.5 cm³/mol. The molecule has 0 aromatic heterocycles. The Morgan fingerprint density at radius 1 is 1.33 bits per heavy atom. The summed E-state index contributed by atoms with van der Waals surface area (Å²) in [5, 5.41) is -0.282. The van der Waals surface area contributed by atoms with Gasteiger partial charge in [-0.05, 0) is 24.1 Å². The Bertz CT molecular complexity index is 346. The van der Waals surface area contributed by atoms with Gasteiger partial charge in [-0.2, -0.15) is 13.2 Å². The van der Waals surface area contributed by atoms with E-state index in [-0.39, 0.29) is 17.0 Å². The van der Waals surface area contributed by atoms with Crippen LogP contribution < -0.4 is 0 Å². The van der Waals surface area contributed by atoms with Gasteiger partial charge in [0, 0.05) is 0 Å². The van der Waals surface area contributed by atoms with Crippen molar-refractivity contribution in [2.24, 2.45) is 0 Å². The fraction of sp³-hybridized carbons (Fsp3) is 0.400. The lowest BCUT2D eigenvalue weighted by Crippen LogP contribution is -2.20. The zero-order valence-corrected chi connectivity index (χ0v) is 8.66. The Morgan fingerprint density at radius 2 is 1.93 bits per heavy atom. The van der Waals surface area contributed by atoms with Crippen LogP contribution in [0.15, 0.2) is 18.2 Å². The molecule has 5 heteroatoms. The van der Waals surface area contributed by atoms with E-state index in [0.717, 1.165) is 18.2 Å². The highest BCUT2D eigenvalue weighted by Gasteiger charge is 2.39. The van der Waals surface area contributed by atoms with E-state index in [2.05, 4.69) is 0 Å². The van der Waals surface area contributed by atoms with Crippen LogP contribution in [0, 0.1) is 5.82 Å². The van der Waals surface area contributed by atoms with Crippen molar-refractivity contribution in [3.05, 3.63) is 34.6 Å². The Kier molecular flexibility index (Phi) is 3.60. The SMILES string of the molecule is CCC(c1ccc(F)c(Cl)c1)C(F)(F)F. The van der Waals surface area contributed by atoms with Crippen molar-refractivity contribution in [2.45, 2.75) is 25.4 Å². The first-order chi connectivity index (χ1) is 6.86. The van der Waals surface area contributed by atoms with Crippen LogP contribution in [0.2, 0.25) is 5.02 Å². The summed E-state index contributed by atoms with van der Waals surface area (Å²) < 4.78 is 50.3. The van der Waals surface area contributed by atoms with Gasteiger partial charge < -0.3 is 0 Å². The largest absolute Gasteiger partial charge is 0.395 e. The summed E-state index contributed by atoms with van der Waals surface area (Å²) in [6.07, 6.45) is -4.42. The van der Waals surface area contributed by atoms with E-state index in [1.807, 2.05) is 0 Å². The molecule has 1 rings (SSSR count). The summed E-state index contributed by atoms with van der Waals surface area (Å²) in [5.41, 5.74) is -0.00333. The lowest BCUT2D eigenvalue weighted by molar-refractivity contribution is -0.151. The van der Waals surface area contributed by atoms with Crippen molar-refractivity contribution in [3.63, 3.8) is 0 Å². The third-order valence-corrected chi connectivity index (χ3v) is 2.44. The van der Waals surface area contributed by atoms with E-state index in [0.29, 0.717) is 0 Å². The third kappa shape index (κ3) is 2.84. The van der Waals surface area contributed by atoms with Crippen molar-refractivity contribution >= 4 is 11.6 Å². The van der Waals surface area contributed by atoms with Crippen LogP contribution in [0.25, 0.3) is 0 Å². The van der Waals surface area contributed by atoms with Crippen molar-refractivity contribution < 1.29 is 17.6 Å². The number of benzene rings is 1. The van der Waals surface area contributed by atoms with Crippen molar-refractivity contribution in [3.8, 4) is 0 Å². The lowest BCUT2D eigenvalue weighted by Gasteiger charge is -2.19. The molecule has 0 aliphatic rings. The van der Waals surface area contributed by atoms with Crippen LogP contribution in [0.1, 0.15) is 24.8 Å². The molecule has 1 aromatic rings. The Balaban J connectivity index is 3.08. The van der Waals surface area contributed by atoms with Gasteiger partial charge in [0.1, 0.15) is 5.82 Å². The van der Waals surface area contributed by atoms with Crippen molar-refractivity contribution in [1.82, 2.24) is 0 Å². The number of halogens is 5. The molecular weight excluding hydrogens is 232 g/mol. The minimum Gasteiger partial charge on any atom is -0.205 e. The summed E-state index contributed by atoms with van der Waals surface area (Å²) >= 11 is 5.42. The molecule has 0 bridgehead atoms. The predicted octanol–water partition coefficient (Wildman–Crippen LogP) is 4.54. The smallest absolute Gasteiger partial charge is 0.205 e. The van der Waals surface area contributed by atoms with E-state index in [1.54, 1.807) is 0 Å². The normalized spacial score (nSPS) is 14.0. The van der Waals surface area contributed by atoms with E-state index in [4.69, 9.17) is 11.6 Å². The molecule has 0 spiro atoms. The van der Waals surface area contributed by atoms with Gasteiger partial charge in [-0.1, -0.05) is 24.6 Å². The fourth-order valence-electron chi connectivity index (χ4n) is 1.39. The van der Waals surface area contributed by atoms with Gasteiger partial charge in [0.25, 0.3) is 0 Å². The molecule has 0 amide bonds. The maximum Gasteiger partial charge on any atom is 0.395 e. The molecule has 15 heavy (non-hydrogen) atoms. The molecule has 0 aliphatic heterocycles. The average Bonchev–Trinajstić information content (AvgIpc) is 2.10. The van der Waals surface area contributed by atoms with E-state index in [1.165, 1.54) is 6.92 Å². The minimum absolute atomic E-state index is 0.00333. The first-order valence-corrected chi connectivity index (χ1v) is 4.75. The Labute approximate surface area is 89.9 Å². The summed E-state index contributed by atoms with van der Waals surface area (Å²) in [4.78, 5) is 0. The second-order valence-electron chi connectivity index (χ2n) is 3.18. The first kappa shape index (κ1) is 12.3. The molecule has 0 heterocycles. The molecule has 0 saturated carbocycles. The van der Waals surface area contributed by atoms with Gasteiger partial charge in [-0.25, -0.2) is 4.39 Å². The maximum atomic E-state index is 12.7. The molecule has 1 unspecified atom stereocenters. The molecule has 1 aromatic carbocycles. The highest BCUT2D eigenvalue weighted by atomic mass is 35.5. The summed E-state index contributed by atoms with van der Waals surface area (Å²) in [6.45, 7) is 1.43. The molecular formula is C10H9ClF4. The molecule has 0 fully saturated rings. The zero-order chi connectivity index (χ0) is 11.6. The Morgan fingerprint density at radius 3 is 2.33 bits per heavy atom. The van der Waals surface area contributed by atoms with E-state index >= 15 is 0 Å². The average molecular weight is 241 g/mol. The molecule has 0 saturated heterocycles. The monoisotopic (exact) mass is 240 g/mol. The van der Waals surface area contributed by atoms with Crippen molar-refractivity contribution in [1.29, 1.82) is 0 Å². The van der Waals surface area contributed by atoms with Crippen LogP contribution in [0.5, 0.6) is 0 Å². The van der Waals surface area contributed by atoms with Crippen LogP contribution in [0.4, 0.5) is 17.6 Å². The van der Waals surface area contributed by atoms with Gasteiger partial charge in [-0.15, -0.1) is 0 Å². The van der Waals surface area contributed by atoms with Gasteiger partial charge >= 0.3 is 6.18 Å². The second kappa shape index (κ2) is 4.39. The number of hydrogen-bond donors (Lipinski definition) is 0. The summed E-state index contributed by atoms with van der Waals surface area (Å²) in [7, 11) is 0.